The summed E-state index contributed by atoms with van der Waals surface area (Å²) in [4.78, 5) is 23.0. The quantitative estimate of drug-likeness (QED) is 0.560. The summed E-state index contributed by atoms with van der Waals surface area (Å²) in [6.07, 6.45) is -1.84. The van der Waals surface area contributed by atoms with Crippen LogP contribution in [0.15, 0.2) is 24.3 Å². The van der Waals surface area contributed by atoms with Crippen molar-refractivity contribution in [2.45, 2.75) is 38.3 Å². The Bertz CT molecular complexity index is 413. The summed E-state index contributed by atoms with van der Waals surface area (Å²) in [5, 5.41) is 0. The first kappa shape index (κ1) is 14.7. The lowest BCUT2D eigenvalue weighted by atomic mass is 10.1. The van der Waals surface area contributed by atoms with Gasteiger partial charge in [-0.2, -0.15) is 0 Å². The fourth-order valence-corrected chi connectivity index (χ4v) is 2.11. The van der Waals surface area contributed by atoms with Crippen molar-refractivity contribution in [3.8, 4) is 0 Å². The zero-order valence-electron chi connectivity index (χ0n) is 11.6. The molecule has 0 N–H and O–H groups in total. The number of fused-ring (bicyclic) bond motifs is 1. The van der Waals surface area contributed by atoms with E-state index in [0.29, 0.717) is 11.1 Å². The molecule has 110 valence electrons. The van der Waals surface area contributed by atoms with E-state index in [1.54, 1.807) is 13.8 Å². The van der Waals surface area contributed by atoms with E-state index in [-0.39, 0.29) is 13.2 Å². The molecule has 0 spiro atoms. The van der Waals surface area contributed by atoms with Crippen molar-refractivity contribution in [1.29, 1.82) is 0 Å². The predicted molar refractivity (Wildman–Crippen MR) is 68.9 cm³/mol. The van der Waals surface area contributed by atoms with Crippen molar-refractivity contribution >= 4 is 11.9 Å². The van der Waals surface area contributed by atoms with Crippen LogP contribution >= 0.6 is 0 Å². The highest BCUT2D eigenvalue weighted by atomic mass is 16.7. The molecule has 6 heteroatoms. The topological polar surface area (TPSA) is 71.1 Å². The molecule has 0 saturated carbocycles. The van der Waals surface area contributed by atoms with E-state index >= 15 is 0 Å². The molecule has 4 atom stereocenters. The predicted octanol–water partition coefficient (Wildman–Crippen LogP) is 0.760. The Morgan fingerprint density at radius 1 is 0.900 bits per heavy atom. The smallest absolute Gasteiger partial charge is 0.333 e. The van der Waals surface area contributed by atoms with Gasteiger partial charge in [0.05, 0.1) is 13.2 Å². The largest absolute Gasteiger partial charge is 0.454 e. The van der Waals surface area contributed by atoms with Crippen LogP contribution in [0.4, 0.5) is 0 Å². The van der Waals surface area contributed by atoms with Crippen LogP contribution in [0.5, 0.6) is 0 Å². The maximum atomic E-state index is 11.5. The van der Waals surface area contributed by atoms with E-state index in [4.69, 9.17) is 18.9 Å². The second kappa shape index (κ2) is 5.76. The van der Waals surface area contributed by atoms with E-state index in [9.17, 15) is 9.59 Å². The highest BCUT2D eigenvalue weighted by Gasteiger charge is 2.51. The molecular formula is C14H18O6. The van der Waals surface area contributed by atoms with Gasteiger partial charge in [0.15, 0.2) is 12.2 Å². The molecule has 0 aromatic carbocycles. The van der Waals surface area contributed by atoms with Crippen LogP contribution in [-0.2, 0) is 28.5 Å². The minimum atomic E-state index is -0.502. The maximum absolute atomic E-state index is 11.5. The summed E-state index contributed by atoms with van der Waals surface area (Å²) in [5.41, 5.74) is 0.633. The number of hydrogen-bond acceptors (Lipinski definition) is 6. The van der Waals surface area contributed by atoms with Crippen LogP contribution in [0.3, 0.4) is 0 Å². The fraction of sp³-hybridized carbons (Fsp3) is 0.571. The zero-order chi connectivity index (χ0) is 14.9. The molecule has 0 bridgehead atoms. The van der Waals surface area contributed by atoms with Gasteiger partial charge in [0, 0.05) is 11.1 Å². The van der Waals surface area contributed by atoms with Gasteiger partial charge in [-0.15, -0.1) is 0 Å². The summed E-state index contributed by atoms with van der Waals surface area (Å²) in [6, 6.07) is 0. The van der Waals surface area contributed by atoms with Gasteiger partial charge in [-0.1, -0.05) is 13.2 Å². The normalized spacial score (nSPS) is 31.5. The van der Waals surface area contributed by atoms with Crippen molar-refractivity contribution in [3.63, 3.8) is 0 Å². The third-order valence-corrected chi connectivity index (χ3v) is 3.18. The lowest BCUT2D eigenvalue weighted by Crippen LogP contribution is -2.36. The minimum Gasteiger partial charge on any atom is -0.454 e. The van der Waals surface area contributed by atoms with E-state index < -0.39 is 36.4 Å². The molecule has 2 rings (SSSR count). The van der Waals surface area contributed by atoms with Crippen molar-refractivity contribution in [1.82, 2.24) is 0 Å². The number of esters is 2. The second-order valence-corrected chi connectivity index (χ2v) is 5.04. The Kier molecular flexibility index (Phi) is 4.25. The monoisotopic (exact) mass is 282 g/mol. The number of ether oxygens (including phenoxy) is 4. The molecule has 0 aromatic heterocycles. The summed E-state index contributed by atoms with van der Waals surface area (Å²) >= 11 is 0. The van der Waals surface area contributed by atoms with Gasteiger partial charge < -0.3 is 18.9 Å². The Balaban J connectivity index is 1.94. The molecule has 0 radical (unpaired) electrons. The van der Waals surface area contributed by atoms with E-state index in [2.05, 4.69) is 13.2 Å². The number of hydrogen-bond donors (Lipinski definition) is 0. The lowest BCUT2D eigenvalue weighted by molar-refractivity contribution is -0.150. The molecule has 20 heavy (non-hydrogen) atoms. The third-order valence-electron chi connectivity index (χ3n) is 3.18. The van der Waals surface area contributed by atoms with Gasteiger partial charge in [-0.25, -0.2) is 9.59 Å². The first-order valence-corrected chi connectivity index (χ1v) is 6.36. The van der Waals surface area contributed by atoms with Crippen LogP contribution in [0, 0.1) is 0 Å². The molecule has 2 fully saturated rings. The fourth-order valence-electron chi connectivity index (χ4n) is 2.11. The van der Waals surface area contributed by atoms with Gasteiger partial charge in [-0.05, 0) is 13.8 Å². The van der Waals surface area contributed by atoms with Crippen LogP contribution in [-0.4, -0.2) is 49.6 Å². The Morgan fingerprint density at radius 3 is 1.55 bits per heavy atom. The number of carbonyl (C=O) groups is 2. The van der Waals surface area contributed by atoms with Crippen molar-refractivity contribution in [2.75, 3.05) is 13.2 Å². The summed E-state index contributed by atoms with van der Waals surface area (Å²) in [5.74, 6) is -0.963. The molecule has 2 aliphatic rings. The molecule has 0 amide bonds. The van der Waals surface area contributed by atoms with Crippen LogP contribution in [0.25, 0.3) is 0 Å². The van der Waals surface area contributed by atoms with Crippen molar-refractivity contribution in [3.05, 3.63) is 24.3 Å². The summed E-state index contributed by atoms with van der Waals surface area (Å²) in [6.45, 7) is 10.6. The molecule has 6 nitrogen and oxygen atoms in total. The molecule has 0 aromatic rings. The Hall–Kier alpha value is -1.66. The Morgan fingerprint density at radius 2 is 1.25 bits per heavy atom. The first-order chi connectivity index (χ1) is 9.40. The molecule has 0 unspecified atom stereocenters. The summed E-state index contributed by atoms with van der Waals surface area (Å²) < 4.78 is 21.5. The maximum Gasteiger partial charge on any atom is 0.333 e. The van der Waals surface area contributed by atoms with Crippen molar-refractivity contribution in [2.24, 2.45) is 0 Å². The Labute approximate surface area is 117 Å². The van der Waals surface area contributed by atoms with Crippen molar-refractivity contribution < 1.29 is 28.5 Å². The van der Waals surface area contributed by atoms with Gasteiger partial charge in [0.1, 0.15) is 12.2 Å². The van der Waals surface area contributed by atoms with Gasteiger partial charge in [-0.3, -0.25) is 0 Å². The first-order valence-electron chi connectivity index (χ1n) is 6.36. The number of carbonyl (C=O) groups excluding carboxylic acids is 2. The SMILES string of the molecule is C=C(C)C(=O)O[C@H]1CO[C@H]2[C@@H]1OC[C@@H]2OC(=O)C(=C)C. The standard InChI is InChI=1S/C14H18O6/c1-7(2)13(15)19-9-5-17-12-10(6-18-11(9)12)20-14(16)8(3)4/h9-12H,1,3,5-6H2,2,4H3/t9-,10-,11+,12+/m0/s1. The minimum absolute atomic E-state index is 0.218. The molecule has 0 aliphatic carbocycles. The second-order valence-electron chi connectivity index (χ2n) is 5.04. The average Bonchev–Trinajstić information content (AvgIpc) is 2.93. The molecule has 2 saturated heterocycles. The summed E-state index contributed by atoms with van der Waals surface area (Å²) in [7, 11) is 0. The van der Waals surface area contributed by atoms with E-state index in [1.165, 1.54) is 0 Å². The molecular weight excluding hydrogens is 264 g/mol. The molecule has 2 heterocycles. The van der Waals surface area contributed by atoms with Gasteiger partial charge in [0.25, 0.3) is 0 Å². The zero-order valence-corrected chi connectivity index (χ0v) is 11.6. The molecule has 2 aliphatic heterocycles. The third kappa shape index (κ3) is 2.91. The van der Waals surface area contributed by atoms with Crippen LogP contribution in [0.1, 0.15) is 13.8 Å². The van der Waals surface area contributed by atoms with Gasteiger partial charge >= 0.3 is 11.9 Å². The van der Waals surface area contributed by atoms with E-state index in [1.807, 2.05) is 0 Å². The van der Waals surface area contributed by atoms with Gasteiger partial charge in [0.2, 0.25) is 0 Å². The van der Waals surface area contributed by atoms with Crippen LogP contribution in [0.2, 0.25) is 0 Å². The highest BCUT2D eigenvalue weighted by Crippen LogP contribution is 2.31. The van der Waals surface area contributed by atoms with E-state index in [0.717, 1.165) is 0 Å². The average molecular weight is 282 g/mol. The number of rotatable bonds is 4. The lowest BCUT2D eigenvalue weighted by Gasteiger charge is -2.17. The highest BCUT2D eigenvalue weighted by molar-refractivity contribution is 5.87. The van der Waals surface area contributed by atoms with Crippen LogP contribution < -0.4 is 0 Å².